The van der Waals surface area contributed by atoms with Crippen molar-refractivity contribution < 1.29 is 8.42 Å². The third kappa shape index (κ3) is 4.22. The summed E-state index contributed by atoms with van der Waals surface area (Å²) in [6.07, 6.45) is 0. The molecule has 0 radical (unpaired) electrons. The van der Waals surface area contributed by atoms with E-state index in [1.807, 2.05) is 19.0 Å². The molecular formula is C11H18ClN3O2S. The fourth-order valence-corrected chi connectivity index (χ4v) is 2.72. The molecule has 0 heterocycles. The zero-order valence-corrected chi connectivity index (χ0v) is 12.1. The number of hydrogen-bond acceptors (Lipinski definition) is 4. The second-order valence-electron chi connectivity index (χ2n) is 4.16. The Hall–Kier alpha value is -0.660. The molecule has 0 fully saturated rings. The van der Waals surface area contributed by atoms with Gasteiger partial charge < -0.3 is 10.6 Å². The SMILES string of the molecule is CN(C)CCNS(=O)(=O)c1ccc(CN)c(Cl)c1. The molecule has 0 bridgehead atoms. The third-order valence-electron chi connectivity index (χ3n) is 2.41. The van der Waals surface area contributed by atoms with Gasteiger partial charge in [0.25, 0.3) is 0 Å². The number of halogens is 1. The number of rotatable bonds is 6. The van der Waals surface area contributed by atoms with Crippen LogP contribution in [0.25, 0.3) is 0 Å². The Kier molecular flexibility index (Phi) is 5.55. The predicted octanol–water partition coefficient (Wildman–Crippen LogP) is 0.639. The molecule has 3 N–H and O–H groups in total. The maximum absolute atomic E-state index is 11.9. The van der Waals surface area contributed by atoms with Crippen molar-refractivity contribution in [3.05, 3.63) is 28.8 Å². The van der Waals surface area contributed by atoms with Gasteiger partial charge in [0, 0.05) is 24.7 Å². The van der Waals surface area contributed by atoms with E-state index in [4.69, 9.17) is 17.3 Å². The summed E-state index contributed by atoms with van der Waals surface area (Å²) in [6.45, 7) is 1.27. The van der Waals surface area contributed by atoms with Gasteiger partial charge in [-0.05, 0) is 31.8 Å². The topological polar surface area (TPSA) is 75.4 Å². The van der Waals surface area contributed by atoms with E-state index in [0.717, 1.165) is 5.56 Å². The van der Waals surface area contributed by atoms with Crippen LogP contribution in [0, 0.1) is 0 Å². The highest BCUT2D eigenvalue weighted by Gasteiger charge is 2.14. The Morgan fingerprint density at radius 1 is 1.39 bits per heavy atom. The van der Waals surface area contributed by atoms with Crippen LogP contribution in [0.5, 0.6) is 0 Å². The quantitative estimate of drug-likeness (QED) is 0.806. The molecule has 1 rings (SSSR count). The van der Waals surface area contributed by atoms with E-state index in [2.05, 4.69) is 4.72 Å². The van der Waals surface area contributed by atoms with Crippen molar-refractivity contribution in [1.29, 1.82) is 0 Å². The number of hydrogen-bond donors (Lipinski definition) is 2. The summed E-state index contributed by atoms with van der Waals surface area (Å²) in [6, 6.07) is 4.55. The fraction of sp³-hybridized carbons (Fsp3) is 0.455. The van der Waals surface area contributed by atoms with Gasteiger partial charge in [0.15, 0.2) is 0 Å². The van der Waals surface area contributed by atoms with Crippen LogP contribution >= 0.6 is 11.6 Å². The van der Waals surface area contributed by atoms with Crippen molar-refractivity contribution >= 4 is 21.6 Å². The smallest absolute Gasteiger partial charge is 0.240 e. The van der Waals surface area contributed by atoms with Crippen LogP contribution in [0.4, 0.5) is 0 Å². The minimum Gasteiger partial charge on any atom is -0.326 e. The first-order valence-corrected chi connectivity index (χ1v) is 7.36. The molecule has 1 aromatic rings. The van der Waals surface area contributed by atoms with E-state index in [1.54, 1.807) is 6.07 Å². The van der Waals surface area contributed by atoms with E-state index in [1.165, 1.54) is 12.1 Å². The molecular weight excluding hydrogens is 274 g/mol. The van der Waals surface area contributed by atoms with E-state index in [-0.39, 0.29) is 11.4 Å². The Labute approximate surface area is 113 Å². The van der Waals surface area contributed by atoms with Gasteiger partial charge in [0.05, 0.1) is 4.90 Å². The molecule has 102 valence electrons. The van der Waals surface area contributed by atoms with Crippen LogP contribution in [0.15, 0.2) is 23.1 Å². The summed E-state index contributed by atoms with van der Waals surface area (Å²) in [4.78, 5) is 2.05. The van der Waals surface area contributed by atoms with Gasteiger partial charge in [0.2, 0.25) is 10.0 Å². The summed E-state index contributed by atoms with van der Waals surface area (Å²) >= 11 is 5.94. The van der Waals surface area contributed by atoms with Gasteiger partial charge in [-0.2, -0.15) is 0 Å². The minimum absolute atomic E-state index is 0.156. The van der Waals surface area contributed by atoms with Crippen molar-refractivity contribution in [3.63, 3.8) is 0 Å². The summed E-state index contributed by atoms with van der Waals surface area (Å²) in [5.41, 5.74) is 6.19. The highest BCUT2D eigenvalue weighted by Crippen LogP contribution is 2.20. The number of nitrogens with one attached hydrogen (secondary N) is 1. The van der Waals surface area contributed by atoms with Crippen molar-refractivity contribution in [3.8, 4) is 0 Å². The predicted molar refractivity (Wildman–Crippen MR) is 73.1 cm³/mol. The lowest BCUT2D eigenvalue weighted by Gasteiger charge is -2.11. The lowest BCUT2D eigenvalue weighted by Crippen LogP contribution is -2.31. The lowest BCUT2D eigenvalue weighted by atomic mass is 10.2. The average Bonchev–Trinajstić information content (AvgIpc) is 2.28. The van der Waals surface area contributed by atoms with Crippen molar-refractivity contribution in [1.82, 2.24) is 9.62 Å². The van der Waals surface area contributed by atoms with Gasteiger partial charge in [-0.25, -0.2) is 13.1 Å². The van der Waals surface area contributed by atoms with Crippen LogP contribution in [0.1, 0.15) is 5.56 Å². The van der Waals surface area contributed by atoms with Crippen LogP contribution in [-0.4, -0.2) is 40.5 Å². The van der Waals surface area contributed by atoms with Crippen molar-refractivity contribution in [2.45, 2.75) is 11.4 Å². The minimum atomic E-state index is -3.51. The second kappa shape index (κ2) is 6.49. The summed E-state index contributed by atoms with van der Waals surface area (Å²) in [5.74, 6) is 0. The first-order valence-electron chi connectivity index (χ1n) is 5.49. The Balaban J connectivity index is 2.82. The van der Waals surface area contributed by atoms with Gasteiger partial charge >= 0.3 is 0 Å². The normalized spacial score (nSPS) is 12.1. The maximum atomic E-state index is 11.9. The first-order chi connectivity index (χ1) is 8.36. The van der Waals surface area contributed by atoms with Gasteiger partial charge in [0.1, 0.15) is 0 Å². The summed E-state index contributed by atoms with van der Waals surface area (Å²) in [5, 5.41) is 0.369. The summed E-state index contributed by atoms with van der Waals surface area (Å²) in [7, 11) is 0.247. The summed E-state index contributed by atoms with van der Waals surface area (Å²) < 4.78 is 26.4. The third-order valence-corrected chi connectivity index (χ3v) is 4.22. The fourth-order valence-electron chi connectivity index (χ4n) is 1.35. The van der Waals surface area contributed by atoms with E-state index >= 15 is 0 Å². The number of nitrogens with zero attached hydrogens (tertiary/aromatic N) is 1. The second-order valence-corrected chi connectivity index (χ2v) is 6.33. The number of sulfonamides is 1. The van der Waals surface area contributed by atoms with Gasteiger partial charge in [-0.3, -0.25) is 0 Å². The number of benzene rings is 1. The Bertz CT molecular complexity index is 503. The lowest BCUT2D eigenvalue weighted by molar-refractivity contribution is 0.412. The van der Waals surface area contributed by atoms with E-state index in [9.17, 15) is 8.42 Å². The molecule has 0 aliphatic heterocycles. The first kappa shape index (κ1) is 15.4. The number of nitrogens with two attached hydrogens (primary N) is 1. The molecule has 0 saturated heterocycles. The molecule has 18 heavy (non-hydrogen) atoms. The standard InChI is InChI=1S/C11H18ClN3O2S/c1-15(2)6-5-14-18(16,17)10-4-3-9(8-13)11(12)7-10/h3-4,7,14H,5-6,8,13H2,1-2H3. The molecule has 5 nitrogen and oxygen atoms in total. The molecule has 0 aliphatic carbocycles. The monoisotopic (exact) mass is 291 g/mol. The molecule has 1 aromatic carbocycles. The maximum Gasteiger partial charge on any atom is 0.240 e. The molecule has 7 heteroatoms. The van der Waals surface area contributed by atoms with Crippen molar-refractivity contribution in [2.24, 2.45) is 5.73 Å². The number of likely N-dealkylation sites (N-methyl/N-ethyl adjacent to an activating group) is 1. The largest absolute Gasteiger partial charge is 0.326 e. The highest BCUT2D eigenvalue weighted by atomic mass is 35.5. The average molecular weight is 292 g/mol. The zero-order valence-electron chi connectivity index (χ0n) is 10.5. The van der Waals surface area contributed by atoms with E-state index < -0.39 is 10.0 Å². The Morgan fingerprint density at radius 2 is 2.06 bits per heavy atom. The molecule has 0 amide bonds. The van der Waals surface area contributed by atoms with Crippen LogP contribution in [0.3, 0.4) is 0 Å². The Morgan fingerprint density at radius 3 is 2.56 bits per heavy atom. The molecule has 0 unspecified atom stereocenters. The molecule has 0 aliphatic rings. The molecule has 0 aromatic heterocycles. The molecule has 0 spiro atoms. The van der Waals surface area contributed by atoms with E-state index in [0.29, 0.717) is 18.1 Å². The molecule has 0 saturated carbocycles. The zero-order chi connectivity index (χ0) is 13.8. The van der Waals surface area contributed by atoms with Gasteiger partial charge in [-0.15, -0.1) is 0 Å². The van der Waals surface area contributed by atoms with Crippen LogP contribution < -0.4 is 10.5 Å². The highest BCUT2D eigenvalue weighted by molar-refractivity contribution is 7.89. The van der Waals surface area contributed by atoms with Crippen molar-refractivity contribution in [2.75, 3.05) is 27.2 Å². The van der Waals surface area contributed by atoms with Gasteiger partial charge in [-0.1, -0.05) is 17.7 Å². The molecule has 0 atom stereocenters. The van der Waals surface area contributed by atoms with Crippen LogP contribution in [0.2, 0.25) is 5.02 Å². The van der Waals surface area contributed by atoms with Crippen LogP contribution in [-0.2, 0) is 16.6 Å².